The molecule has 0 aliphatic carbocycles. The van der Waals surface area contributed by atoms with Crippen LogP contribution in [-0.4, -0.2) is 96.8 Å². The van der Waals surface area contributed by atoms with Crippen LogP contribution < -0.4 is 0 Å². The van der Waals surface area contributed by atoms with Gasteiger partial charge in [-0.1, -0.05) is 165 Å². The Hall–Kier alpha value is 2.80. The third kappa shape index (κ3) is 34.8. The van der Waals surface area contributed by atoms with Crippen LogP contribution in [0.2, 0.25) is 0 Å². The van der Waals surface area contributed by atoms with E-state index in [4.69, 9.17) is 4.74 Å². The maximum absolute atomic E-state index is 12.1. The van der Waals surface area contributed by atoms with Crippen LogP contribution in [0, 0.1) is 0 Å². The first-order valence-corrected chi connectivity index (χ1v) is 15.2. The Bertz CT molecular complexity index is 444. The minimum atomic E-state index is -0.338. The molecule has 7 heteroatoms. The molecule has 202 valence electrons. The van der Waals surface area contributed by atoms with Gasteiger partial charge in [0.05, 0.1) is 0 Å². The second-order valence-corrected chi connectivity index (χ2v) is 11.0. The van der Waals surface area contributed by atoms with Gasteiger partial charge in [-0.25, -0.2) is 0 Å². The number of rotatable bonds is 24. The molecule has 0 amide bonds. The summed E-state index contributed by atoms with van der Waals surface area (Å²) in [7, 11) is 0. The van der Waals surface area contributed by atoms with Crippen LogP contribution in [0.25, 0.3) is 0 Å². The van der Waals surface area contributed by atoms with E-state index in [0.717, 1.165) is 25.7 Å². The average Bonchev–Trinajstić information content (AvgIpc) is 2.78. The first-order valence-electron chi connectivity index (χ1n) is 14.0. The minimum absolute atomic E-state index is 0. The Balaban J connectivity index is -0.00000160. The van der Waals surface area contributed by atoms with Crippen molar-refractivity contribution < 1.29 is 14.3 Å². The molecule has 0 saturated heterocycles. The molecular formula is C28H56ClIKNaO3. The van der Waals surface area contributed by atoms with Crippen molar-refractivity contribution in [1.29, 1.82) is 0 Å². The van der Waals surface area contributed by atoms with Gasteiger partial charge in [0, 0.05) is 6.42 Å². The Morgan fingerprint density at radius 3 is 1.29 bits per heavy atom. The van der Waals surface area contributed by atoms with Gasteiger partial charge < -0.3 is 4.74 Å². The Labute approximate surface area is 303 Å². The predicted octanol–water partition coefficient (Wildman–Crippen LogP) is 9.00. The molecular weight excluding hydrogens is 609 g/mol. The molecule has 0 bridgehead atoms. The van der Waals surface area contributed by atoms with Gasteiger partial charge in [0.25, 0.3) is 0 Å². The van der Waals surface area contributed by atoms with Crippen LogP contribution in [0.15, 0.2) is 0 Å². The zero-order valence-corrected chi connectivity index (χ0v) is 24.8. The summed E-state index contributed by atoms with van der Waals surface area (Å²) in [5, 5.41) is 0. The van der Waals surface area contributed by atoms with Crippen LogP contribution in [0.3, 0.4) is 0 Å². The Kier molecular flexibility index (Phi) is 47.1. The summed E-state index contributed by atoms with van der Waals surface area (Å²) in [5.74, 6) is -0.676. The molecule has 3 nitrogen and oxygen atoms in total. The van der Waals surface area contributed by atoms with Crippen molar-refractivity contribution in [2.75, 3.05) is 0 Å². The van der Waals surface area contributed by atoms with Crippen molar-refractivity contribution in [3.8, 4) is 0 Å². The van der Waals surface area contributed by atoms with E-state index in [9.17, 15) is 9.59 Å². The van der Waals surface area contributed by atoms with Crippen molar-refractivity contribution in [2.45, 2.75) is 165 Å². The number of alkyl halides is 1. The van der Waals surface area contributed by atoms with Crippen molar-refractivity contribution in [3.05, 3.63) is 0 Å². The summed E-state index contributed by atoms with van der Waals surface area (Å²) in [6.45, 7) is 4.51. The fraction of sp³-hybridized carbons (Fsp3) is 0.929. The van der Waals surface area contributed by atoms with Crippen molar-refractivity contribution in [3.63, 3.8) is 0 Å². The molecule has 0 fully saturated rings. The van der Waals surface area contributed by atoms with Crippen molar-refractivity contribution >= 4 is 128 Å². The molecule has 0 heterocycles. The summed E-state index contributed by atoms with van der Waals surface area (Å²) in [5.41, 5.74) is 0. The zero-order valence-electron chi connectivity index (χ0n) is 21.9. The topological polar surface area (TPSA) is 43.4 Å². The van der Waals surface area contributed by atoms with Gasteiger partial charge in [-0.05, 0) is 12.8 Å². The molecule has 0 aromatic rings. The molecule has 1 unspecified atom stereocenters. The van der Waals surface area contributed by atoms with Gasteiger partial charge in [0.1, 0.15) is 3.92 Å². The number of hydrogen-bond donors (Lipinski definition) is 0. The average molecular weight is 665 g/mol. The van der Waals surface area contributed by atoms with Crippen LogP contribution in [0.5, 0.6) is 0 Å². The summed E-state index contributed by atoms with van der Waals surface area (Å²) in [6.07, 6.45) is 27.9. The standard InChI is InChI=1S/C28H53IO3.ClH.K.Na.2H/c1-3-5-7-9-11-13-15-17-19-21-23-25-27(30)32-28(31)26(29)24-22-20-18-16-14-12-10-8-6-4-2;;;;;/h26H,3-25H2,1-2H3;1H;;;;. The van der Waals surface area contributed by atoms with Gasteiger partial charge in [0.15, 0.2) is 0 Å². The van der Waals surface area contributed by atoms with Crippen LogP contribution >= 0.6 is 35.0 Å². The number of esters is 2. The molecule has 0 aromatic carbocycles. The summed E-state index contributed by atoms with van der Waals surface area (Å²) in [4.78, 5) is 24.0. The third-order valence-corrected chi connectivity index (χ3v) is 7.40. The number of unbranched alkanes of at least 4 members (excludes halogenated alkanes) is 19. The fourth-order valence-electron chi connectivity index (χ4n) is 4.09. The zero-order chi connectivity index (χ0) is 23.7. The van der Waals surface area contributed by atoms with Gasteiger partial charge in [-0.15, -0.1) is 12.4 Å². The Morgan fingerprint density at radius 1 is 0.600 bits per heavy atom. The quantitative estimate of drug-likeness (QED) is 0.0258. The van der Waals surface area contributed by atoms with Gasteiger partial charge in [0.2, 0.25) is 0 Å². The second-order valence-electron chi connectivity index (χ2n) is 9.52. The molecule has 0 spiro atoms. The van der Waals surface area contributed by atoms with Gasteiger partial charge in [-0.2, -0.15) is 0 Å². The van der Waals surface area contributed by atoms with E-state index in [2.05, 4.69) is 36.4 Å². The fourth-order valence-corrected chi connectivity index (χ4v) is 4.66. The number of ether oxygens (including phenoxy) is 1. The first-order chi connectivity index (χ1) is 15.6. The molecule has 0 radical (unpaired) electrons. The van der Waals surface area contributed by atoms with Crippen LogP contribution in [0.1, 0.15) is 162 Å². The monoisotopic (exact) mass is 664 g/mol. The summed E-state index contributed by atoms with van der Waals surface area (Å²) >= 11 is 2.14. The summed E-state index contributed by atoms with van der Waals surface area (Å²) < 4.78 is 4.87. The van der Waals surface area contributed by atoms with E-state index >= 15 is 0 Å². The summed E-state index contributed by atoms with van der Waals surface area (Å²) in [6, 6.07) is 0. The molecule has 0 N–H and O–H groups in total. The number of hydrogen-bond acceptors (Lipinski definition) is 3. The molecule has 0 saturated carbocycles. The normalized spacial score (nSPS) is 11.1. The van der Waals surface area contributed by atoms with Crippen molar-refractivity contribution in [2.24, 2.45) is 0 Å². The first kappa shape index (κ1) is 44.8. The second kappa shape index (κ2) is 36.8. The molecule has 35 heavy (non-hydrogen) atoms. The van der Waals surface area contributed by atoms with Crippen molar-refractivity contribution in [1.82, 2.24) is 0 Å². The Morgan fingerprint density at radius 2 is 0.914 bits per heavy atom. The van der Waals surface area contributed by atoms with E-state index in [0.29, 0.717) is 6.42 Å². The maximum atomic E-state index is 12.1. The molecule has 1 atom stereocenters. The van der Waals surface area contributed by atoms with Crippen LogP contribution in [0.4, 0.5) is 0 Å². The molecule has 0 aromatic heterocycles. The number of carbonyl (C=O) groups excluding carboxylic acids is 2. The van der Waals surface area contributed by atoms with Gasteiger partial charge >= 0.3 is 92.9 Å². The molecule has 0 aliphatic heterocycles. The molecule has 0 rings (SSSR count). The van der Waals surface area contributed by atoms with E-state index < -0.39 is 0 Å². The SMILES string of the molecule is CCCCCCCCCCCCCC(=O)OC(=O)C(I)CCCCCCCCCCCC.Cl.[KH].[NaH]. The molecule has 0 aliphatic rings. The van der Waals surface area contributed by atoms with E-state index in [1.165, 1.54) is 116 Å². The number of carbonyl (C=O) groups is 2. The van der Waals surface area contributed by atoms with Gasteiger partial charge in [-0.3, -0.25) is 9.59 Å². The van der Waals surface area contributed by atoms with Crippen LogP contribution in [-0.2, 0) is 14.3 Å². The third-order valence-electron chi connectivity index (χ3n) is 6.27. The van der Waals surface area contributed by atoms with E-state index in [1.54, 1.807) is 0 Å². The van der Waals surface area contributed by atoms with E-state index in [1.807, 2.05) is 0 Å². The number of halogens is 2. The van der Waals surface area contributed by atoms with E-state index in [-0.39, 0.29) is 109 Å². The predicted molar refractivity (Wildman–Crippen MR) is 168 cm³/mol.